The Balaban J connectivity index is 2.08. The van der Waals surface area contributed by atoms with Crippen LogP contribution in [0.3, 0.4) is 0 Å². The van der Waals surface area contributed by atoms with E-state index in [-0.39, 0.29) is 18.1 Å². The van der Waals surface area contributed by atoms with E-state index in [0.717, 1.165) is 12.2 Å². The summed E-state index contributed by atoms with van der Waals surface area (Å²) in [6, 6.07) is 5.98. The number of amides is 1. The third kappa shape index (κ3) is 7.52. The van der Waals surface area contributed by atoms with Gasteiger partial charge in [-0.25, -0.2) is 4.79 Å². The van der Waals surface area contributed by atoms with Crippen LogP contribution in [-0.4, -0.2) is 57.9 Å². The molecular formula is C22H31NO6S3. The topological polar surface area (TPSA) is 93.1 Å². The average Bonchev–Trinajstić information content (AvgIpc) is 3.18. The predicted octanol–water partition coefficient (Wildman–Crippen LogP) is 4.61. The van der Waals surface area contributed by atoms with Gasteiger partial charge < -0.3 is 19.5 Å². The van der Waals surface area contributed by atoms with Crippen LogP contribution in [-0.2, 0) is 23.9 Å². The van der Waals surface area contributed by atoms with E-state index >= 15 is 0 Å². The molecule has 0 radical (unpaired) electrons. The lowest BCUT2D eigenvalue weighted by molar-refractivity contribution is -0.176. The Morgan fingerprint density at radius 2 is 1.84 bits per heavy atom. The molecule has 178 valence electrons. The van der Waals surface area contributed by atoms with E-state index in [1.165, 1.54) is 16.7 Å². The van der Waals surface area contributed by atoms with Crippen molar-refractivity contribution in [2.75, 3.05) is 24.1 Å². The maximum Gasteiger partial charge on any atom is 0.332 e. The van der Waals surface area contributed by atoms with Crippen molar-refractivity contribution in [1.82, 2.24) is 4.90 Å². The fraction of sp³-hybridized carbons (Fsp3) is 0.591. The molecule has 1 aliphatic heterocycles. The molecule has 0 spiro atoms. The predicted molar refractivity (Wildman–Crippen MR) is 130 cm³/mol. The number of carbonyl (C=O) groups excluding carboxylic acids is 3. The molecule has 0 bridgehead atoms. The normalized spacial score (nSPS) is 18.4. The summed E-state index contributed by atoms with van der Waals surface area (Å²) in [6.45, 7) is 6.73. The van der Waals surface area contributed by atoms with Crippen molar-refractivity contribution in [2.45, 2.75) is 52.0 Å². The Kier molecular flexibility index (Phi) is 10.6. The van der Waals surface area contributed by atoms with Crippen LogP contribution in [0.1, 0.15) is 51.5 Å². The molecule has 1 fully saturated rings. The Labute approximate surface area is 201 Å². The van der Waals surface area contributed by atoms with E-state index in [4.69, 9.17) is 9.47 Å². The molecule has 2 atom stereocenters. The zero-order valence-electron chi connectivity index (χ0n) is 18.9. The Hall–Kier alpha value is -1.52. The van der Waals surface area contributed by atoms with Crippen LogP contribution in [0.25, 0.3) is 0 Å². The van der Waals surface area contributed by atoms with Crippen molar-refractivity contribution in [3.8, 4) is 5.75 Å². The zero-order chi connectivity index (χ0) is 23.7. The summed E-state index contributed by atoms with van der Waals surface area (Å²) < 4.78 is 10.2. The molecule has 0 aromatic heterocycles. The van der Waals surface area contributed by atoms with Gasteiger partial charge in [-0.15, -0.1) is 11.8 Å². The summed E-state index contributed by atoms with van der Waals surface area (Å²) in [5.41, 5.74) is -0.130. The smallest absolute Gasteiger partial charge is 0.332 e. The van der Waals surface area contributed by atoms with Crippen molar-refractivity contribution < 1.29 is 29.0 Å². The minimum Gasteiger partial charge on any atom is -0.508 e. The van der Waals surface area contributed by atoms with Gasteiger partial charge in [-0.3, -0.25) is 9.59 Å². The maximum atomic E-state index is 13.1. The van der Waals surface area contributed by atoms with Crippen LogP contribution in [0.4, 0.5) is 0 Å². The number of rotatable bonds is 10. The highest BCUT2D eigenvalue weighted by Gasteiger charge is 2.43. The second kappa shape index (κ2) is 12.6. The summed E-state index contributed by atoms with van der Waals surface area (Å²) in [5, 5.41) is 9.82. The molecule has 1 aliphatic rings. The van der Waals surface area contributed by atoms with Gasteiger partial charge in [0.2, 0.25) is 12.7 Å². The minimum atomic E-state index is -0.821. The van der Waals surface area contributed by atoms with E-state index in [9.17, 15) is 19.5 Å². The summed E-state index contributed by atoms with van der Waals surface area (Å²) in [4.78, 5) is 39.3. The van der Waals surface area contributed by atoms with Gasteiger partial charge in [-0.1, -0.05) is 46.7 Å². The van der Waals surface area contributed by atoms with Crippen molar-refractivity contribution in [1.29, 1.82) is 0 Å². The van der Waals surface area contributed by atoms with Gasteiger partial charge in [0.05, 0.1) is 5.41 Å². The number of benzene rings is 1. The van der Waals surface area contributed by atoms with Gasteiger partial charge in [0.15, 0.2) is 0 Å². The lowest BCUT2D eigenvalue weighted by Gasteiger charge is -2.29. The van der Waals surface area contributed by atoms with Crippen molar-refractivity contribution in [3.63, 3.8) is 0 Å². The zero-order valence-corrected chi connectivity index (χ0v) is 21.3. The number of hydrogen-bond donors (Lipinski definition) is 1. The molecular weight excluding hydrogens is 470 g/mol. The van der Waals surface area contributed by atoms with Gasteiger partial charge in [-0.2, -0.15) is 0 Å². The molecule has 1 aromatic carbocycles. The minimum absolute atomic E-state index is 0.0730. The lowest BCUT2D eigenvalue weighted by Crippen LogP contribution is -2.44. The lowest BCUT2D eigenvalue weighted by atomic mass is 9.98. The van der Waals surface area contributed by atoms with Gasteiger partial charge in [0.25, 0.3) is 0 Å². The SMILES string of the molecule is CCCSSCCC(=O)N1C(C(=O)OCOC(=O)C(C)(C)C)CSC1c1ccccc1O. The first-order chi connectivity index (χ1) is 15.2. The van der Waals surface area contributed by atoms with E-state index in [0.29, 0.717) is 17.1 Å². The van der Waals surface area contributed by atoms with E-state index in [2.05, 4.69) is 6.92 Å². The van der Waals surface area contributed by atoms with Crippen LogP contribution in [0.15, 0.2) is 24.3 Å². The van der Waals surface area contributed by atoms with Crippen LogP contribution < -0.4 is 0 Å². The van der Waals surface area contributed by atoms with Crippen LogP contribution >= 0.6 is 33.3 Å². The number of aromatic hydroxyl groups is 1. The second-order valence-corrected chi connectivity index (χ2v) is 12.0. The molecule has 1 N–H and O–H groups in total. The number of thioether (sulfide) groups is 1. The molecule has 10 heteroatoms. The largest absolute Gasteiger partial charge is 0.508 e. The van der Waals surface area contributed by atoms with Gasteiger partial charge in [0, 0.05) is 29.2 Å². The summed E-state index contributed by atoms with van der Waals surface area (Å²) in [6.07, 6.45) is 1.34. The molecule has 1 saturated heterocycles. The molecule has 1 heterocycles. The molecule has 1 aromatic rings. The van der Waals surface area contributed by atoms with Crippen molar-refractivity contribution in [3.05, 3.63) is 29.8 Å². The van der Waals surface area contributed by atoms with Crippen molar-refractivity contribution in [2.24, 2.45) is 5.41 Å². The highest BCUT2D eigenvalue weighted by Crippen LogP contribution is 2.45. The first-order valence-corrected chi connectivity index (χ1v) is 14.0. The fourth-order valence-electron chi connectivity index (χ4n) is 2.84. The molecule has 2 rings (SSSR count). The summed E-state index contributed by atoms with van der Waals surface area (Å²) in [7, 11) is 3.35. The van der Waals surface area contributed by atoms with E-state index in [1.54, 1.807) is 66.6 Å². The first-order valence-electron chi connectivity index (χ1n) is 10.5. The van der Waals surface area contributed by atoms with Crippen LogP contribution in [0.2, 0.25) is 0 Å². The van der Waals surface area contributed by atoms with Crippen LogP contribution in [0, 0.1) is 5.41 Å². The van der Waals surface area contributed by atoms with Gasteiger partial charge in [-0.05, 0) is 33.3 Å². The number of hydrogen-bond acceptors (Lipinski definition) is 9. The number of nitrogens with zero attached hydrogens (tertiary/aromatic N) is 1. The molecule has 0 saturated carbocycles. The highest BCUT2D eigenvalue weighted by molar-refractivity contribution is 8.76. The first kappa shape index (κ1) is 26.7. The number of phenols is 1. The number of esters is 2. The quantitative estimate of drug-likeness (QED) is 0.213. The third-order valence-corrected chi connectivity index (χ3v) is 8.45. The van der Waals surface area contributed by atoms with Gasteiger partial charge >= 0.3 is 11.9 Å². The van der Waals surface area contributed by atoms with Crippen LogP contribution in [0.5, 0.6) is 5.75 Å². The van der Waals surface area contributed by atoms with Crippen molar-refractivity contribution >= 4 is 51.2 Å². The van der Waals surface area contributed by atoms with Gasteiger partial charge in [0.1, 0.15) is 17.2 Å². The van der Waals surface area contributed by atoms with E-state index in [1.807, 2.05) is 0 Å². The number of ether oxygens (including phenoxy) is 2. The molecule has 0 aliphatic carbocycles. The third-order valence-electron chi connectivity index (χ3n) is 4.54. The summed E-state index contributed by atoms with van der Waals surface area (Å²) in [5.74, 6) is 0.759. The molecule has 2 unspecified atom stereocenters. The monoisotopic (exact) mass is 501 g/mol. The fourth-order valence-corrected chi connectivity index (χ4v) is 6.42. The second-order valence-electron chi connectivity index (χ2n) is 8.22. The highest BCUT2D eigenvalue weighted by atomic mass is 33.1. The summed E-state index contributed by atoms with van der Waals surface area (Å²) >= 11 is 1.40. The Morgan fingerprint density at radius 1 is 1.16 bits per heavy atom. The maximum absolute atomic E-state index is 13.1. The standard InChI is InChI=1S/C22H31NO6S3/c1-5-11-31-32-12-10-18(25)23-16(20(26)28-14-29-21(27)22(2,3)4)13-30-19(23)15-8-6-7-9-17(15)24/h6-9,16,19,24H,5,10-14H2,1-4H3. The average molecular weight is 502 g/mol. The van der Waals surface area contributed by atoms with E-state index < -0.39 is 35.6 Å². The number of phenolic OH excluding ortho intramolecular Hbond substituents is 1. The Morgan fingerprint density at radius 3 is 2.50 bits per heavy atom. The molecule has 32 heavy (non-hydrogen) atoms. The molecule has 7 nitrogen and oxygen atoms in total. The molecule has 1 amide bonds. The Bertz CT molecular complexity index is 798. The number of para-hydroxylation sites is 1. The number of carbonyl (C=O) groups is 3.